The lowest BCUT2D eigenvalue weighted by Gasteiger charge is -2.12. The topological polar surface area (TPSA) is 47.6 Å². The molecule has 0 atom stereocenters. The minimum Gasteiger partial charge on any atom is -0.490 e. The summed E-state index contributed by atoms with van der Waals surface area (Å²) in [5.41, 5.74) is 2.17. The number of hydrogen-bond acceptors (Lipinski definition) is 3. The third-order valence-electron chi connectivity index (χ3n) is 3.58. The summed E-state index contributed by atoms with van der Waals surface area (Å²) in [4.78, 5) is 12.0. The summed E-state index contributed by atoms with van der Waals surface area (Å²) >= 11 is 0. The van der Waals surface area contributed by atoms with Crippen molar-refractivity contribution in [1.82, 2.24) is 5.32 Å². The van der Waals surface area contributed by atoms with E-state index in [-0.39, 0.29) is 5.91 Å². The molecule has 0 bridgehead atoms. The Morgan fingerprint density at radius 3 is 2.33 bits per heavy atom. The van der Waals surface area contributed by atoms with E-state index in [1.54, 1.807) is 0 Å². The van der Waals surface area contributed by atoms with Gasteiger partial charge < -0.3 is 14.8 Å². The second-order valence-electron chi connectivity index (χ2n) is 5.41. The molecule has 1 amide bonds. The summed E-state index contributed by atoms with van der Waals surface area (Å²) in [6.07, 6.45) is 1.12. The zero-order chi connectivity index (χ0) is 17.2. The fourth-order valence-corrected chi connectivity index (χ4v) is 2.39. The molecule has 4 heteroatoms. The molecule has 128 valence electrons. The van der Waals surface area contributed by atoms with Crippen LogP contribution in [0.2, 0.25) is 0 Å². The van der Waals surface area contributed by atoms with Crippen molar-refractivity contribution in [2.24, 2.45) is 0 Å². The Morgan fingerprint density at radius 2 is 1.62 bits per heavy atom. The molecule has 0 unspecified atom stereocenters. The van der Waals surface area contributed by atoms with Crippen LogP contribution in [0, 0.1) is 0 Å². The van der Waals surface area contributed by atoms with E-state index in [2.05, 4.69) is 5.32 Å². The van der Waals surface area contributed by atoms with Crippen LogP contribution in [0.5, 0.6) is 11.5 Å². The van der Waals surface area contributed by atoms with Crippen LogP contribution in [-0.2, 0) is 17.8 Å². The molecule has 0 aliphatic heterocycles. The Bertz CT molecular complexity index is 641. The van der Waals surface area contributed by atoms with E-state index in [0.717, 1.165) is 22.6 Å². The molecule has 0 aromatic heterocycles. The van der Waals surface area contributed by atoms with Gasteiger partial charge in [-0.15, -0.1) is 0 Å². The van der Waals surface area contributed by atoms with Crippen molar-refractivity contribution in [3.63, 3.8) is 0 Å². The van der Waals surface area contributed by atoms with E-state index in [9.17, 15) is 4.79 Å². The summed E-state index contributed by atoms with van der Waals surface area (Å²) in [5.74, 6) is 1.53. The number of nitrogens with one attached hydrogen (secondary N) is 1. The highest BCUT2D eigenvalue weighted by atomic mass is 16.5. The van der Waals surface area contributed by atoms with Crippen molar-refractivity contribution in [1.29, 1.82) is 0 Å². The zero-order valence-corrected chi connectivity index (χ0v) is 14.4. The quantitative estimate of drug-likeness (QED) is 0.763. The van der Waals surface area contributed by atoms with Crippen molar-refractivity contribution in [2.75, 3.05) is 13.2 Å². The molecule has 0 saturated carbocycles. The van der Waals surface area contributed by atoms with E-state index in [1.807, 2.05) is 62.4 Å². The number of rotatable bonds is 9. The standard InChI is InChI=1S/C20H25NO3/c1-3-23-18-12-10-16(14-19(18)24-4-2)11-13-20(22)21-15-17-8-6-5-7-9-17/h5-10,12,14H,3-4,11,13,15H2,1-2H3,(H,21,22). The fourth-order valence-electron chi connectivity index (χ4n) is 2.39. The Morgan fingerprint density at radius 1 is 0.917 bits per heavy atom. The van der Waals surface area contributed by atoms with Gasteiger partial charge in [0.05, 0.1) is 13.2 Å². The van der Waals surface area contributed by atoms with Crippen LogP contribution < -0.4 is 14.8 Å². The molecule has 1 N–H and O–H groups in total. The van der Waals surface area contributed by atoms with Gasteiger partial charge in [0.25, 0.3) is 0 Å². The largest absolute Gasteiger partial charge is 0.490 e. The maximum atomic E-state index is 12.0. The normalized spacial score (nSPS) is 10.2. The maximum Gasteiger partial charge on any atom is 0.220 e. The number of ether oxygens (including phenoxy) is 2. The van der Waals surface area contributed by atoms with Gasteiger partial charge >= 0.3 is 0 Å². The number of benzene rings is 2. The summed E-state index contributed by atoms with van der Waals surface area (Å²) in [5, 5.41) is 2.95. The van der Waals surface area contributed by atoms with Crippen LogP contribution in [0.4, 0.5) is 0 Å². The van der Waals surface area contributed by atoms with E-state index in [0.29, 0.717) is 32.6 Å². The van der Waals surface area contributed by atoms with E-state index >= 15 is 0 Å². The zero-order valence-electron chi connectivity index (χ0n) is 14.4. The van der Waals surface area contributed by atoms with Gasteiger partial charge in [-0.3, -0.25) is 4.79 Å². The smallest absolute Gasteiger partial charge is 0.220 e. The van der Waals surface area contributed by atoms with Gasteiger partial charge in [0.1, 0.15) is 0 Å². The van der Waals surface area contributed by atoms with E-state index in [4.69, 9.17) is 9.47 Å². The predicted octanol–water partition coefficient (Wildman–Crippen LogP) is 3.73. The van der Waals surface area contributed by atoms with Crippen molar-refractivity contribution < 1.29 is 14.3 Å². The van der Waals surface area contributed by atoms with Crippen LogP contribution in [0.25, 0.3) is 0 Å². The summed E-state index contributed by atoms with van der Waals surface area (Å²) in [6, 6.07) is 15.8. The SMILES string of the molecule is CCOc1ccc(CCC(=O)NCc2ccccc2)cc1OCC. The first-order valence-electron chi connectivity index (χ1n) is 8.42. The average Bonchev–Trinajstić information content (AvgIpc) is 2.61. The molecule has 0 spiro atoms. The lowest BCUT2D eigenvalue weighted by molar-refractivity contribution is -0.121. The molecule has 0 fully saturated rings. The molecule has 2 aromatic carbocycles. The first-order chi connectivity index (χ1) is 11.7. The van der Waals surface area contributed by atoms with Crippen molar-refractivity contribution in [3.05, 3.63) is 59.7 Å². The highest BCUT2D eigenvalue weighted by molar-refractivity contribution is 5.76. The lowest BCUT2D eigenvalue weighted by Crippen LogP contribution is -2.22. The van der Waals surface area contributed by atoms with Gasteiger partial charge in [-0.05, 0) is 43.5 Å². The van der Waals surface area contributed by atoms with E-state index < -0.39 is 0 Å². The molecule has 24 heavy (non-hydrogen) atoms. The molecule has 0 saturated heterocycles. The summed E-state index contributed by atoms with van der Waals surface area (Å²) < 4.78 is 11.2. The van der Waals surface area contributed by atoms with Crippen LogP contribution in [0.15, 0.2) is 48.5 Å². The van der Waals surface area contributed by atoms with Gasteiger partial charge in [-0.1, -0.05) is 36.4 Å². The monoisotopic (exact) mass is 327 g/mol. The van der Waals surface area contributed by atoms with Crippen LogP contribution in [0.3, 0.4) is 0 Å². The Labute approximate surface area is 143 Å². The van der Waals surface area contributed by atoms with Gasteiger partial charge in [0, 0.05) is 13.0 Å². The number of amides is 1. The molecule has 0 radical (unpaired) electrons. The lowest BCUT2D eigenvalue weighted by atomic mass is 10.1. The molecule has 0 aliphatic carbocycles. The third kappa shape index (κ3) is 5.61. The second-order valence-corrected chi connectivity index (χ2v) is 5.41. The number of aryl methyl sites for hydroxylation is 1. The summed E-state index contributed by atoms with van der Waals surface area (Å²) in [7, 11) is 0. The first kappa shape index (κ1) is 17.9. The van der Waals surface area contributed by atoms with Crippen molar-refractivity contribution in [3.8, 4) is 11.5 Å². The molecule has 2 aromatic rings. The van der Waals surface area contributed by atoms with Crippen molar-refractivity contribution >= 4 is 5.91 Å². The fraction of sp³-hybridized carbons (Fsp3) is 0.350. The van der Waals surface area contributed by atoms with E-state index in [1.165, 1.54) is 0 Å². The number of hydrogen-bond donors (Lipinski definition) is 1. The molecule has 0 heterocycles. The number of carbonyl (C=O) groups excluding carboxylic acids is 1. The summed E-state index contributed by atoms with van der Waals surface area (Å²) in [6.45, 7) is 5.63. The minimum absolute atomic E-state index is 0.0469. The number of carbonyl (C=O) groups is 1. The predicted molar refractivity (Wildman–Crippen MR) is 95.4 cm³/mol. The Balaban J connectivity index is 1.86. The molecule has 2 rings (SSSR count). The second kappa shape index (κ2) is 9.60. The van der Waals surface area contributed by atoms with Gasteiger partial charge in [0.15, 0.2) is 11.5 Å². The Hall–Kier alpha value is -2.49. The van der Waals surface area contributed by atoms with Gasteiger partial charge in [-0.25, -0.2) is 0 Å². The van der Waals surface area contributed by atoms with Crippen molar-refractivity contribution in [2.45, 2.75) is 33.2 Å². The highest BCUT2D eigenvalue weighted by Gasteiger charge is 2.08. The van der Waals surface area contributed by atoms with Gasteiger partial charge in [0.2, 0.25) is 5.91 Å². The molecule has 0 aliphatic rings. The molecular weight excluding hydrogens is 302 g/mol. The van der Waals surface area contributed by atoms with Gasteiger partial charge in [-0.2, -0.15) is 0 Å². The highest BCUT2D eigenvalue weighted by Crippen LogP contribution is 2.28. The third-order valence-corrected chi connectivity index (χ3v) is 3.58. The molecular formula is C20H25NO3. The first-order valence-corrected chi connectivity index (χ1v) is 8.42. The maximum absolute atomic E-state index is 12.0. The van der Waals surface area contributed by atoms with Crippen LogP contribution in [-0.4, -0.2) is 19.1 Å². The Kier molecular flexibility index (Phi) is 7.15. The van der Waals surface area contributed by atoms with Crippen LogP contribution in [0.1, 0.15) is 31.4 Å². The average molecular weight is 327 g/mol. The minimum atomic E-state index is 0.0469. The van der Waals surface area contributed by atoms with Crippen LogP contribution >= 0.6 is 0 Å². The molecule has 4 nitrogen and oxygen atoms in total.